The fraction of sp³-hybridized carbons (Fsp3) is 1.00. The van der Waals surface area contributed by atoms with Crippen LogP contribution < -0.4 is 5.32 Å². The summed E-state index contributed by atoms with van der Waals surface area (Å²) in [4.78, 5) is 0. The minimum atomic E-state index is -0.0357. The fourth-order valence-electron chi connectivity index (χ4n) is 2.24. The molecule has 1 aliphatic heterocycles. The van der Waals surface area contributed by atoms with E-state index in [1.165, 1.54) is 12.8 Å². The lowest BCUT2D eigenvalue weighted by Gasteiger charge is -2.35. The molecule has 0 aliphatic carbocycles. The van der Waals surface area contributed by atoms with Crippen molar-refractivity contribution in [1.82, 2.24) is 5.32 Å². The van der Waals surface area contributed by atoms with Gasteiger partial charge in [0.15, 0.2) is 0 Å². The Bertz CT molecular complexity index is 176. The summed E-state index contributed by atoms with van der Waals surface area (Å²) in [5, 5.41) is 3.43. The van der Waals surface area contributed by atoms with Crippen LogP contribution in [-0.4, -0.2) is 39.0 Å². The van der Waals surface area contributed by atoms with Crippen molar-refractivity contribution < 1.29 is 9.47 Å². The third kappa shape index (κ3) is 4.09. The Balaban J connectivity index is 2.46. The number of ether oxygens (including phenoxy) is 2. The molecule has 0 amide bonds. The van der Waals surface area contributed by atoms with Gasteiger partial charge < -0.3 is 14.8 Å². The van der Waals surface area contributed by atoms with Crippen LogP contribution in [0.1, 0.15) is 33.1 Å². The first-order chi connectivity index (χ1) is 7.09. The van der Waals surface area contributed by atoms with Gasteiger partial charge in [-0.25, -0.2) is 0 Å². The predicted octanol–water partition coefficient (Wildman–Crippen LogP) is 1.82. The van der Waals surface area contributed by atoms with Crippen LogP contribution in [0.2, 0.25) is 0 Å². The first-order valence-electron chi connectivity index (χ1n) is 5.89. The fourth-order valence-corrected chi connectivity index (χ4v) is 2.24. The van der Waals surface area contributed by atoms with Gasteiger partial charge in [-0.05, 0) is 46.1 Å². The number of hydrogen-bond donors (Lipinski definition) is 1. The SMILES string of the molecule is CNC(CC(C)(C)OC)C1CCOCC1. The van der Waals surface area contributed by atoms with Crippen molar-refractivity contribution in [3.05, 3.63) is 0 Å². The van der Waals surface area contributed by atoms with E-state index in [1.54, 1.807) is 7.11 Å². The van der Waals surface area contributed by atoms with Crippen molar-refractivity contribution in [2.45, 2.75) is 44.8 Å². The number of methoxy groups -OCH3 is 1. The normalized spacial score (nSPS) is 21.6. The van der Waals surface area contributed by atoms with E-state index in [0.717, 1.165) is 25.6 Å². The van der Waals surface area contributed by atoms with E-state index in [1.807, 2.05) is 7.05 Å². The molecule has 0 radical (unpaired) electrons. The van der Waals surface area contributed by atoms with Crippen molar-refractivity contribution in [2.75, 3.05) is 27.4 Å². The molecule has 1 atom stereocenters. The molecule has 1 fully saturated rings. The van der Waals surface area contributed by atoms with Crippen LogP contribution in [0.15, 0.2) is 0 Å². The van der Waals surface area contributed by atoms with E-state index >= 15 is 0 Å². The second-order valence-corrected chi connectivity index (χ2v) is 5.01. The Hall–Kier alpha value is -0.120. The van der Waals surface area contributed by atoms with Crippen molar-refractivity contribution in [2.24, 2.45) is 5.92 Å². The lowest BCUT2D eigenvalue weighted by Crippen LogP contribution is -2.42. The first kappa shape index (κ1) is 12.9. The summed E-state index contributed by atoms with van der Waals surface area (Å²) in [7, 11) is 3.84. The Labute approximate surface area is 93.5 Å². The molecule has 0 aromatic rings. The van der Waals surface area contributed by atoms with Gasteiger partial charge in [0.25, 0.3) is 0 Å². The van der Waals surface area contributed by atoms with Gasteiger partial charge in [-0.15, -0.1) is 0 Å². The molecule has 0 saturated carbocycles. The quantitative estimate of drug-likeness (QED) is 0.759. The van der Waals surface area contributed by atoms with Gasteiger partial charge in [-0.3, -0.25) is 0 Å². The largest absolute Gasteiger partial charge is 0.381 e. The molecular weight excluding hydrogens is 190 g/mol. The molecule has 1 aliphatic rings. The highest BCUT2D eigenvalue weighted by Gasteiger charge is 2.28. The van der Waals surface area contributed by atoms with Crippen molar-refractivity contribution in [1.29, 1.82) is 0 Å². The zero-order valence-corrected chi connectivity index (χ0v) is 10.5. The lowest BCUT2D eigenvalue weighted by molar-refractivity contribution is -0.00956. The van der Waals surface area contributed by atoms with Gasteiger partial charge in [0.2, 0.25) is 0 Å². The highest BCUT2D eigenvalue weighted by molar-refractivity contribution is 4.84. The summed E-state index contributed by atoms with van der Waals surface area (Å²) in [6, 6.07) is 0.545. The highest BCUT2D eigenvalue weighted by atomic mass is 16.5. The van der Waals surface area contributed by atoms with Crippen LogP contribution in [0.3, 0.4) is 0 Å². The molecule has 1 saturated heterocycles. The molecule has 1 unspecified atom stereocenters. The molecule has 0 spiro atoms. The zero-order chi connectivity index (χ0) is 11.3. The Morgan fingerprint density at radius 2 is 2.00 bits per heavy atom. The van der Waals surface area contributed by atoms with E-state index in [4.69, 9.17) is 9.47 Å². The summed E-state index contributed by atoms with van der Waals surface area (Å²) < 4.78 is 10.9. The highest BCUT2D eigenvalue weighted by Crippen LogP contribution is 2.25. The smallest absolute Gasteiger partial charge is 0.0637 e. The molecule has 3 nitrogen and oxygen atoms in total. The number of rotatable bonds is 5. The van der Waals surface area contributed by atoms with E-state index in [9.17, 15) is 0 Å². The molecule has 90 valence electrons. The van der Waals surface area contributed by atoms with E-state index in [0.29, 0.717) is 6.04 Å². The van der Waals surface area contributed by atoms with Gasteiger partial charge in [-0.1, -0.05) is 0 Å². The molecule has 15 heavy (non-hydrogen) atoms. The maximum absolute atomic E-state index is 5.49. The number of nitrogens with one attached hydrogen (secondary N) is 1. The van der Waals surface area contributed by atoms with Crippen molar-refractivity contribution >= 4 is 0 Å². The van der Waals surface area contributed by atoms with Crippen LogP contribution in [-0.2, 0) is 9.47 Å². The Kier molecular flexibility index (Phi) is 5.03. The van der Waals surface area contributed by atoms with E-state index < -0.39 is 0 Å². The monoisotopic (exact) mass is 215 g/mol. The van der Waals surface area contributed by atoms with Crippen LogP contribution in [0, 0.1) is 5.92 Å². The van der Waals surface area contributed by atoms with Crippen LogP contribution >= 0.6 is 0 Å². The van der Waals surface area contributed by atoms with Gasteiger partial charge in [0.05, 0.1) is 5.60 Å². The zero-order valence-electron chi connectivity index (χ0n) is 10.5. The van der Waals surface area contributed by atoms with Gasteiger partial charge in [0.1, 0.15) is 0 Å². The van der Waals surface area contributed by atoms with Crippen molar-refractivity contribution in [3.8, 4) is 0 Å². The number of hydrogen-bond acceptors (Lipinski definition) is 3. The lowest BCUT2D eigenvalue weighted by atomic mass is 9.85. The molecule has 1 rings (SSSR count). The minimum Gasteiger partial charge on any atom is -0.381 e. The van der Waals surface area contributed by atoms with Crippen LogP contribution in [0.4, 0.5) is 0 Å². The van der Waals surface area contributed by atoms with Gasteiger partial charge >= 0.3 is 0 Å². The molecule has 1 N–H and O–H groups in total. The summed E-state index contributed by atoms with van der Waals surface area (Å²) >= 11 is 0. The summed E-state index contributed by atoms with van der Waals surface area (Å²) in [5.74, 6) is 0.734. The maximum atomic E-state index is 5.49. The summed E-state index contributed by atoms with van der Waals surface area (Å²) in [6.07, 6.45) is 3.40. The first-order valence-corrected chi connectivity index (χ1v) is 5.89. The second kappa shape index (κ2) is 5.83. The molecule has 1 heterocycles. The van der Waals surface area contributed by atoms with Crippen LogP contribution in [0.25, 0.3) is 0 Å². The summed E-state index contributed by atoms with van der Waals surface area (Å²) in [5.41, 5.74) is -0.0357. The third-order valence-corrected chi connectivity index (χ3v) is 3.47. The Morgan fingerprint density at radius 3 is 2.47 bits per heavy atom. The standard InChI is InChI=1S/C12H25NO2/c1-12(2,14-4)9-11(13-3)10-5-7-15-8-6-10/h10-11,13H,5-9H2,1-4H3. The summed E-state index contributed by atoms with van der Waals surface area (Å²) in [6.45, 7) is 6.12. The topological polar surface area (TPSA) is 30.5 Å². The van der Waals surface area contributed by atoms with Gasteiger partial charge in [-0.2, -0.15) is 0 Å². The minimum absolute atomic E-state index is 0.0357. The predicted molar refractivity (Wildman–Crippen MR) is 62.1 cm³/mol. The second-order valence-electron chi connectivity index (χ2n) is 5.01. The molecule has 3 heteroatoms. The van der Waals surface area contributed by atoms with Crippen molar-refractivity contribution in [3.63, 3.8) is 0 Å². The average Bonchev–Trinajstić information content (AvgIpc) is 2.27. The molecular formula is C12H25NO2. The molecule has 0 aromatic heterocycles. The van der Waals surface area contributed by atoms with E-state index in [2.05, 4.69) is 19.2 Å². The maximum Gasteiger partial charge on any atom is 0.0637 e. The molecule has 0 bridgehead atoms. The van der Waals surface area contributed by atoms with Crippen LogP contribution in [0.5, 0.6) is 0 Å². The van der Waals surface area contributed by atoms with E-state index in [-0.39, 0.29) is 5.60 Å². The molecule has 0 aromatic carbocycles. The Morgan fingerprint density at radius 1 is 1.40 bits per heavy atom. The van der Waals surface area contributed by atoms with Gasteiger partial charge in [0, 0.05) is 26.4 Å². The average molecular weight is 215 g/mol. The third-order valence-electron chi connectivity index (χ3n) is 3.47.